The minimum absolute atomic E-state index is 0.166. The van der Waals surface area contributed by atoms with Gasteiger partial charge in [0, 0.05) is 16.8 Å². The summed E-state index contributed by atoms with van der Waals surface area (Å²) < 4.78 is 0. The summed E-state index contributed by atoms with van der Waals surface area (Å²) in [6.45, 7) is 8.34. The molecule has 0 rings (SSSR count). The van der Waals surface area contributed by atoms with E-state index >= 15 is 0 Å². The zero-order valence-electron chi connectivity index (χ0n) is 11.1. The van der Waals surface area contributed by atoms with Crippen molar-refractivity contribution in [3.8, 4) is 0 Å². The van der Waals surface area contributed by atoms with Gasteiger partial charge in [0.1, 0.15) is 0 Å². The van der Waals surface area contributed by atoms with Crippen LogP contribution in [0.15, 0.2) is 0 Å². The van der Waals surface area contributed by atoms with E-state index in [4.69, 9.17) is 0 Å². The number of carbonyl (C=O) groups excluding carboxylic acids is 1. The molecule has 0 aliphatic heterocycles. The predicted octanol–water partition coefficient (Wildman–Crippen LogP) is 4.03. The summed E-state index contributed by atoms with van der Waals surface area (Å²) in [5, 5.41) is 3.06. The smallest absolute Gasteiger partial charge is 0.220 e. The zero-order valence-corrected chi connectivity index (χ0v) is 12.7. The van der Waals surface area contributed by atoms with E-state index in [0.29, 0.717) is 6.42 Å². The highest BCUT2D eigenvalue weighted by Gasteiger charge is 2.25. The number of rotatable bonds is 8. The van der Waals surface area contributed by atoms with Gasteiger partial charge in [-0.05, 0) is 20.3 Å². The van der Waals surface area contributed by atoms with Crippen molar-refractivity contribution in [3.63, 3.8) is 0 Å². The fourth-order valence-electron chi connectivity index (χ4n) is 1.41. The van der Waals surface area contributed by atoms with Crippen LogP contribution in [-0.2, 0) is 4.79 Å². The number of hydrogen-bond donors (Lipinski definition) is 1. The van der Waals surface area contributed by atoms with Gasteiger partial charge in [-0.2, -0.15) is 0 Å². The maximum absolute atomic E-state index is 11.7. The molecule has 16 heavy (non-hydrogen) atoms. The average Bonchev–Trinajstić information content (AvgIpc) is 2.16. The first kappa shape index (κ1) is 16.0. The second-order valence-corrected chi connectivity index (χ2v) is 6.42. The Hall–Kier alpha value is -0.0500. The first-order valence-corrected chi connectivity index (χ1v) is 7.26. The van der Waals surface area contributed by atoms with Crippen LogP contribution in [0.2, 0.25) is 0 Å². The third-order valence-corrected chi connectivity index (χ3v) is 4.11. The molecular formula is C13H26BrNO. The Morgan fingerprint density at radius 3 is 2.31 bits per heavy atom. The fraction of sp³-hybridized carbons (Fsp3) is 0.923. The summed E-state index contributed by atoms with van der Waals surface area (Å²) in [5.41, 5.74) is -0.166. The van der Waals surface area contributed by atoms with Crippen molar-refractivity contribution >= 4 is 21.8 Å². The summed E-state index contributed by atoms with van der Waals surface area (Å²) in [5.74, 6) is 0.174. The molecule has 0 aliphatic carbocycles. The van der Waals surface area contributed by atoms with Crippen molar-refractivity contribution in [3.05, 3.63) is 0 Å². The van der Waals surface area contributed by atoms with E-state index in [1.807, 2.05) is 13.8 Å². The lowest BCUT2D eigenvalue weighted by Crippen LogP contribution is -2.48. The van der Waals surface area contributed by atoms with Gasteiger partial charge in [0.25, 0.3) is 0 Å². The van der Waals surface area contributed by atoms with E-state index in [-0.39, 0.29) is 16.3 Å². The minimum atomic E-state index is -0.166. The molecule has 0 radical (unpaired) electrons. The minimum Gasteiger partial charge on any atom is -0.350 e. The van der Waals surface area contributed by atoms with Gasteiger partial charge >= 0.3 is 0 Å². The molecule has 0 spiro atoms. The molecule has 1 atom stereocenters. The van der Waals surface area contributed by atoms with E-state index in [0.717, 1.165) is 6.42 Å². The summed E-state index contributed by atoms with van der Waals surface area (Å²) in [4.78, 5) is 11.9. The molecule has 1 unspecified atom stereocenters. The van der Waals surface area contributed by atoms with Crippen LogP contribution in [0, 0.1) is 0 Å². The number of amides is 1. The first-order chi connectivity index (χ1) is 7.40. The quantitative estimate of drug-likeness (QED) is 0.531. The lowest BCUT2D eigenvalue weighted by Gasteiger charge is -2.29. The highest BCUT2D eigenvalue weighted by atomic mass is 79.9. The number of carbonyl (C=O) groups is 1. The normalized spacial score (nSPS) is 13.6. The maximum atomic E-state index is 11.7. The second-order valence-electron chi connectivity index (χ2n) is 5.05. The van der Waals surface area contributed by atoms with Crippen LogP contribution in [0.4, 0.5) is 0 Å². The Balaban J connectivity index is 3.66. The number of hydrogen-bond acceptors (Lipinski definition) is 1. The molecule has 0 saturated heterocycles. The van der Waals surface area contributed by atoms with Gasteiger partial charge in [0.2, 0.25) is 5.91 Å². The fourth-order valence-corrected chi connectivity index (χ4v) is 1.52. The standard InChI is InChI=1S/C13H26BrNO/c1-5-6-7-8-9-10-12(16)15-13(3,4)11(2)14/h11H,5-10H2,1-4H3,(H,15,16). The van der Waals surface area contributed by atoms with Gasteiger partial charge in [-0.25, -0.2) is 0 Å². The third-order valence-electron chi connectivity index (χ3n) is 2.96. The van der Waals surface area contributed by atoms with Crippen molar-refractivity contribution < 1.29 is 4.79 Å². The van der Waals surface area contributed by atoms with Crippen molar-refractivity contribution in [1.29, 1.82) is 0 Å². The van der Waals surface area contributed by atoms with E-state index in [1.165, 1.54) is 25.7 Å². The largest absolute Gasteiger partial charge is 0.350 e. The first-order valence-electron chi connectivity index (χ1n) is 6.35. The van der Waals surface area contributed by atoms with E-state index in [1.54, 1.807) is 0 Å². The monoisotopic (exact) mass is 291 g/mol. The number of nitrogens with one attached hydrogen (secondary N) is 1. The summed E-state index contributed by atoms with van der Waals surface area (Å²) in [6.07, 6.45) is 6.63. The van der Waals surface area contributed by atoms with Crippen LogP contribution in [0.25, 0.3) is 0 Å². The second kappa shape index (κ2) is 8.10. The maximum Gasteiger partial charge on any atom is 0.220 e. The predicted molar refractivity (Wildman–Crippen MR) is 74.0 cm³/mol. The molecule has 0 aromatic carbocycles. The van der Waals surface area contributed by atoms with Gasteiger partial charge < -0.3 is 5.32 Å². The Bertz CT molecular complexity index is 202. The van der Waals surface area contributed by atoms with E-state index in [9.17, 15) is 4.79 Å². The molecule has 1 amide bonds. The molecule has 0 aliphatic rings. The molecule has 0 bridgehead atoms. The summed E-state index contributed by atoms with van der Waals surface area (Å²) in [7, 11) is 0. The van der Waals surface area contributed by atoms with E-state index in [2.05, 4.69) is 35.1 Å². The number of halogens is 1. The molecule has 0 aromatic rings. The highest BCUT2D eigenvalue weighted by Crippen LogP contribution is 2.17. The number of alkyl halides is 1. The van der Waals surface area contributed by atoms with Crippen molar-refractivity contribution in [2.75, 3.05) is 0 Å². The summed E-state index contributed by atoms with van der Waals surface area (Å²) >= 11 is 3.51. The van der Waals surface area contributed by atoms with Crippen LogP contribution in [0.3, 0.4) is 0 Å². The topological polar surface area (TPSA) is 29.1 Å². The Morgan fingerprint density at radius 1 is 1.25 bits per heavy atom. The molecule has 3 heteroatoms. The van der Waals surface area contributed by atoms with Crippen LogP contribution in [-0.4, -0.2) is 16.3 Å². The molecule has 0 heterocycles. The molecule has 2 nitrogen and oxygen atoms in total. The third kappa shape index (κ3) is 7.26. The SMILES string of the molecule is CCCCCCCC(=O)NC(C)(C)C(C)Br. The van der Waals surface area contributed by atoms with Gasteiger partial charge in [-0.3, -0.25) is 4.79 Å². The van der Waals surface area contributed by atoms with Crippen molar-refractivity contribution in [2.45, 2.75) is 76.6 Å². The Kier molecular flexibility index (Phi) is 8.08. The van der Waals surface area contributed by atoms with Crippen LogP contribution in [0.1, 0.15) is 66.2 Å². The number of unbranched alkanes of at least 4 members (excludes halogenated alkanes) is 4. The van der Waals surface area contributed by atoms with Crippen molar-refractivity contribution in [1.82, 2.24) is 5.32 Å². The Labute approximate surface area is 109 Å². The Morgan fingerprint density at radius 2 is 1.81 bits per heavy atom. The van der Waals surface area contributed by atoms with Gasteiger partial charge in [-0.15, -0.1) is 0 Å². The van der Waals surface area contributed by atoms with Crippen LogP contribution < -0.4 is 5.32 Å². The van der Waals surface area contributed by atoms with Gasteiger partial charge in [0.05, 0.1) is 0 Å². The molecule has 96 valence electrons. The zero-order chi connectivity index (χ0) is 12.6. The van der Waals surface area contributed by atoms with Crippen LogP contribution >= 0.6 is 15.9 Å². The molecule has 0 aromatic heterocycles. The van der Waals surface area contributed by atoms with Gasteiger partial charge in [-0.1, -0.05) is 55.5 Å². The molecule has 0 saturated carbocycles. The average molecular weight is 292 g/mol. The van der Waals surface area contributed by atoms with Crippen LogP contribution in [0.5, 0.6) is 0 Å². The summed E-state index contributed by atoms with van der Waals surface area (Å²) in [6, 6.07) is 0. The molecule has 0 fully saturated rings. The molecular weight excluding hydrogens is 266 g/mol. The van der Waals surface area contributed by atoms with E-state index < -0.39 is 0 Å². The highest BCUT2D eigenvalue weighted by molar-refractivity contribution is 9.09. The lowest BCUT2D eigenvalue weighted by atomic mass is 10.0. The van der Waals surface area contributed by atoms with Crippen molar-refractivity contribution in [2.24, 2.45) is 0 Å². The lowest BCUT2D eigenvalue weighted by molar-refractivity contribution is -0.122. The molecule has 1 N–H and O–H groups in total. The van der Waals surface area contributed by atoms with Gasteiger partial charge in [0.15, 0.2) is 0 Å².